The monoisotopic (exact) mass is 284 g/mol. The Kier molecular flexibility index (Phi) is 6.48. The van der Waals surface area contributed by atoms with Crippen LogP contribution in [-0.2, 0) is 10.0 Å². The van der Waals surface area contributed by atoms with Crippen LogP contribution in [0.25, 0.3) is 0 Å². The predicted molar refractivity (Wildman–Crippen MR) is 79.5 cm³/mol. The van der Waals surface area contributed by atoms with Gasteiger partial charge in [-0.25, -0.2) is 13.1 Å². The molecule has 0 radical (unpaired) electrons. The van der Waals surface area contributed by atoms with Gasteiger partial charge in [0.15, 0.2) is 0 Å². The van der Waals surface area contributed by atoms with E-state index in [0.717, 1.165) is 0 Å². The Labute approximate surface area is 116 Å². The molecule has 0 aliphatic rings. The third kappa shape index (κ3) is 5.72. The van der Waals surface area contributed by atoms with Gasteiger partial charge in [-0.05, 0) is 31.5 Å². The van der Waals surface area contributed by atoms with Gasteiger partial charge in [0, 0.05) is 6.04 Å². The van der Waals surface area contributed by atoms with E-state index in [1.165, 1.54) is 12.6 Å². The molecule has 0 unspecified atom stereocenters. The van der Waals surface area contributed by atoms with E-state index < -0.39 is 10.0 Å². The summed E-state index contributed by atoms with van der Waals surface area (Å²) in [4.78, 5) is 0. The van der Waals surface area contributed by atoms with Gasteiger partial charge in [0.05, 0.1) is 5.75 Å². The highest BCUT2D eigenvalue weighted by atomic mass is 32.2. The minimum atomic E-state index is -3.09. The van der Waals surface area contributed by atoms with Crippen molar-refractivity contribution < 1.29 is 8.42 Å². The van der Waals surface area contributed by atoms with Gasteiger partial charge in [0.25, 0.3) is 0 Å². The van der Waals surface area contributed by atoms with Gasteiger partial charge in [0.2, 0.25) is 10.0 Å². The quantitative estimate of drug-likeness (QED) is 0.717. The minimum absolute atomic E-state index is 0.163. The van der Waals surface area contributed by atoms with Gasteiger partial charge >= 0.3 is 0 Å². The fourth-order valence-corrected chi connectivity index (χ4v) is 2.75. The van der Waals surface area contributed by atoms with E-state index in [-0.39, 0.29) is 11.8 Å². The van der Waals surface area contributed by atoms with Crippen LogP contribution < -0.4 is 10.0 Å². The van der Waals surface area contributed by atoms with E-state index >= 15 is 0 Å². The first-order valence-electron chi connectivity index (χ1n) is 6.66. The molecule has 0 bridgehead atoms. The fourth-order valence-electron chi connectivity index (χ4n) is 2.02. The number of nitrogens with one attached hydrogen (secondary N) is 2. The number of sulfonamides is 1. The maximum absolute atomic E-state index is 11.3. The second-order valence-corrected chi connectivity index (χ2v) is 7.01. The van der Waals surface area contributed by atoms with Gasteiger partial charge in [-0.3, -0.25) is 0 Å². The Bertz CT molecular complexity index is 458. The van der Waals surface area contributed by atoms with Crippen LogP contribution in [0.4, 0.5) is 0 Å². The second-order valence-electron chi connectivity index (χ2n) is 4.96. The summed E-state index contributed by atoms with van der Waals surface area (Å²) in [7, 11) is -1.64. The zero-order valence-electron chi connectivity index (χ0n) is 11.9. The Hall–Kier alpha value is -0.910. The van der Waals surface area contributed by atoms with E-state index in [1.54, 1.807) is 0 Å². The molecular weight excluding hydrogens is 260 g/mol. The van der Waals surface area contributed by atoms with Crippen molar-refractivity contribution in [1.29, 1.82) is 0 Å². The largest absolute Gasteiger partial charge is 0.310 e. The van der Waals surface area contributed by atoms with Crippen molar-refractivity contribution >= 4 is 10.0 Å². The van der Waals surface area contributed by atoms with Gasteiger partial charge < -0.3 is 5.32 Å². The van der Waals surface area contributed by atoms with Crippen LogP contribution in [0.3, 0.4) is 0 Å². The number of hydrogen-bond acceptors (Lipinski definition) is 3. The summed E-state index contributed by atoms with van der Waals surface area (Å²) < 4.78 is 24.9. The molecule has 1 rings (SSSR count). The Balaban J connectivity index is 2.49. The second kappa shape index (κ2) is 7.62. The highest BCUT2D eigenvalue weighted by molar-refractivity contribution is 7.89. The highest BCUT2D eigenvalue weighted by Gasteiger charge is 2.15. The van der Waals surface area contributed by atoms with Crippen molar-refractivity contribution in [3.05, 3.63) is 35.9 Å². The first kappa shape index (κ1) is 16.1. The van der Waals surface area contributed by atoms with Crippen molar-refractivity contribution in [3.63, 3.8) is 0 Å². The SMILES string of the molecule is CNS(=O)(=O)CCCN[C@H](c1ccccc1)C(C)C. The summed E-state index contributed by atoms with van der Waals surface area (Å²) in [5, 5.41) is 3.44. The summed E-state index contributed by atoms with van der Waals surface area (Å²) in [6.45, 7) is 5.02. The zero-order valence-corrected chi connectivity index (χ0v) is 12.7. The maximum Gasteiger partial charge on any atom is 0.211 e. The van der Waals surface area contributed by atoms with Gasteiger partial charge in [0.1, 0.15) is 0 Å². The van der Waals surface area contributed by atoms with Gasteiger partial charge in [-0.2, -0.15) is 0 Å². The number of hydrogen-bond donors (Lipinski definition) is 2. The first-order valence-corrected chi connectivity index (χ1v) is 8.31. The molecule has 0 aromatic heterocycles. The average molecular weight is 284 g/mol. The van der Waals surface area contributed by atoms with Crippen LogP contribution in [0.1, 0.15) is 31.9 Å². The van der Waals surface area contributed by atoms with E-state index in [4.69, 9.17) is 0 Å². The summed E-state index contributed by atoms with van der Waals surface area (Å²) in [6.07, 6.45) is 0.610. The van der Waals surface area contributed by atoms with E-state index in [0.29, 0.717) is 18.9 Å². The Morgan fingerprint density at radius 3 is 2.32 bits per heavy atom. The van der Waals surface area contributed by atoms with Crippen molar-refractivity contribution in [1.82, 2.24) is 10.0 Å². The molecule has 0 saturated carbocycles. The fraction of sp³-hybridized carbons (Fsp3) is 0.571. The topological polar surface area (TPSA) is 58.2 Å². The molecule has 4 nitrogen and oxygen atoms in total. The van der Waals surface area contributed by atoms with E-state index in [9.17, 15) is 8.42 Å². The third-order valence-electron chi connectivity index (χ3n) is 3.09. The van der Waals surface area contributed by atoms with Crippen molar-refractivity contribution in [2.45, 2.75) is 26.3 Å². The van der Waals surface area contributed by atoms with Crippen molar-refractivity contribution in [2.75, 3.05) is 19.3 Å². The van der Waals surface area contributed by atoms with E-state index in [2.05, 4.69) is 36.0 Å². The van der Waals surface area contributed by atoms with Crippen LogP contribution in [0.15, 0.2) is 30.3 Å². The normalized spacial score (nSPS) is 13.7. The molecule has 0 fully saturated rings. The lowest BCUT2D eigenvalue weighted by molar-refractivity contribution is 0.412. The van der Waals surface area contributed by atoms with Gasteiger partial charge in [-0.15, -0.1) is 0 Å². The minimum Gasteiger partial charge on any atom is -0.310 e. The lowest BCUT2D eigenvalue weighted by Crippen LogP contribution is -2.29. The first-order chi connectivity index (χ1) is 8.96. The lowest BCUT2D eigenvalue weighted by Gasteiger charge is -2.23. The van der Waals surface area contributed by atoms with Crippen LogP contribution >= 0.6 is 0 Å². The van der Waals surface area contributed by atoms with Crippen LogP contribution in [0, 0.1) is 5.92 Å². The molecule has 0 heterocycles. The molecule has 1 aromatic carbocycles. The molecule has 1 atom stereocenters. The molecule has 0 spiro atoms. The van der Waals surface area contributed by atoms with Crippen LogP contribution in [-0.4, -0.2) is 27.8 Å². The molecule has 0 saturated heterocycles. The average Bonchev–Trinajstić information content (AvgIpc) is 2.39. The molecule has 0 amide bonds. The van der Waals surface area contributed by atoms with Crippen molar-refractivity contribution in [2.24, 2.45) is 5.92 Å². The third-order valence-corrected chi connectivity index (χ3v) is 4.54. The van der Waals surface area contributed by atoms with Crippen molar-refractivity contribution in [3.8, 4) is 0 Å². The predicted octanol–water partition coefficient (Wildman–Crippen LogP) is 1.91. The highest BCUT2D eigenvalue weighted by Crippen LogP contribution is 2.20. The number of rotatable bonds is 8. The molecule has 5 heteroatoms. The number of benzene rings is 1. The summed E-state index contributed by atoms with van der Waals surface area (Å²) in [6, 6.07) is 10.5. The zero-order chi connectivity index (χ0) is 14.3. The molecule has 1 aromatic rings. The van der Waals surface area contributed by atoms with Crippen LogP contribution in [0.5, 0.6) is 0 Å². The molecule has 19 heavy (non-hydrogen) atoms. The molecule has 0 aliphatic heterocycles. The standard InChI is InChI=1S/C14H24N2O2S/c1-12(2)14(13-8-5-4-6-9-13)16-10-7-11-19(17,18)15-3/h4-6,8-9,12,14-16H,7,10-11H2,1-3H3/t14-/m0/s1. The van der Waals surface area contributed by atoms with Crippen LogP contribution in [0.2, 0.25) is 0 Å². The Morgan fingerprint density at radius 2 is 1.79 bits per heavy atom. The summed E-state index contributed by atoms with van der Waals surface area (Å²) in [5.41, 5.74) is 1.24. The summed E-state index contributed by atoms with van der Waals surface area (Å²) in [5.74, 6) is 0.624. The molecule has 108 valence electrons. The molecule has 0 aliphatic carbocycles. The molecular formula is C14H24N2O2S. The Morgan fingerprint density at radius 1 is 1.16 bits per heavy atom. The smallest absolute Gasteiger partial charge is 0.211 e. The maximum atomic E-state index is 11.3. The summed E-state index contributed by atoms with van der Waals surface area (Å²) >= 11 is 0. The molecule has 2 N–H and O–H groups in total. The lowest BCUT2D eigenvalue weighted by atomic mass is 9.96. The van der Waals surface area contributed by atoms with Gasteiger partial charge in [-0.1, -0.05) is 44.2 Å². The van der Waals surface area contributed by atoms with E-state index in [1.807, 2.05) is 18.2 Å².